The van der Waals surface area contributed by atoms with Crippen molar-refractivity contribution in [3.8, 4) is 10.6 Å². The molecule has 7 nitrogen and oxygen atoms in total. The van der Waals surface area contributed by atoms with Crippen molar-refractivity contribution < 1.29 is 17.7 Å². The molecule has 9 heteroatoms. The summed E-state index contributed by atoms with van der Waals surface area (Å²) in [6.45, 7) is 2.24. The second kappa shape index (κ2) is 5.43. The third-order valence-electron chi connectivity index (χ3n) is 3.93. The average molecular weight is 341 g/mol. The van der Waals surface area contributed by atoms with E-state index >= 15 is 0 Å². The van der Waals surface area contributed by atoms with Gasteiger partial charge in [-0.3, -0.25) is 0 Å². The number of sulfonamides is 1. The van der Waals surface area contributed by atoms with E-state index in [1.54, 1.807) is 18.2 Å². The third-order valence-corrected chi connectivity index (χ3v) is 7.33. The van der Waals surface area contributed by atoms with Crippen molar-refractivity contribution in [1.82, 2.24) is 14.8 Å². The number of ether oxygens (including phenoxy) is 1. The normalized spacial score (nSPS) is 26.2. The van der Waals surface area contributed by atoms with Crippen LogP contribution in [0.2, 0.25) is 0 Å². The summed E-state index contributed by atoms with van der Waals surface area (Å²) >= 11 is 1.19. The van der Waals surface area contributed by atoms with E-state index in [0.717, 1.165) is 11.4 Å². The van der Waals surface area contributed by atoms with E-state index in [4.69, 9.17) is 9.26 Å². The van der Waals surface area contributed by atoms with Crippen LogP contribution in [0.1, 0.15) is 0 Å². The summed E-state index contributed by atoms with van der Waals surface area (Å²) in [7, 11) is -3.50. The molecule has 0 spiro atoms. The van der Waals surface area contributed by atoms with Crippen molar-refractivity contribution in [2.75, 3.05) is 26.2 Å². The number of thiophene rings is 1. The summed E-state index contributed by atoms with van der Waals surface area (Å²) in [6.07, 6.45) is 1.48. The highest BCUT2D eigenvalue weighted by molar-refractivity contribution is 7.91. The number of nitrogens with zero attached hydrogens (tertiary/aromatic N) is 2. The molecule has 2 aromatic rings. The molecule has 118 valence electrons. The molecule has 0 saturated carbocycles. The lowest BCUT2D eigenvalue weighted by Crippen LogP contribution is -2.47. The summed E-state index contributed by atoms with van der Waals surface area (Å²) in [4.78, 5) is 0.752. The van der Waals surface area contributed by atoms with Crippen LogP contribution in [0.3, 0.4) is 0 Å². The van der Waals surface area contributed by atoms with Gasteiger partial charge in [-0.2, -0.15) is 4.31 Å². The molecule has 0 unspecified atom stereocenters. The molecule has 1 N–H and O–H groups in total. The van der Waals surface area contributed by atoms with E-state index in [1.165, 1.54) is 21.8 Å². The number of nitrogens with one attached hydrogen (secondary N) is 1. The van der Waals surface area contributed by atoms with Gasteiger partial charge in [0.05, 0.1) is 23.8 Å². The first-order chi connectivity index (χ1) is 10.6. The Hall–Kier alpha value is -1.26. The minimum Gasteiger partial charge on any atom is -0.374 e. The average Bonchev–Trinajstić information content (AvgIpc) is 3.25. The van der Waals surface area contributed by atoms with E-state index in [2.05, 4.69) is 10.5 Å². The topological polar surface area (TPSA) is 84.7 Å². The van der Waals surface area contributed by atoms with Gasteiger partial charge in [0.2, 0.25) is 0 Å². The van der Waals surface area contributed by atoms with Crippen molar-refractivity contribution in [3.05, 3.63) is 24.4 Å². The summed E-state index contributed by atoms with van der Waals surface area (Å²) < 4.78 is 38.1. The molecule has 0 radical (unpaired) electrons. The van der Waals surface area contributed by atoms with E-state index < -0.39 is 10.0 Å². The minimum atomic E-state index is -3.50. The predicted octanol–water partition coefficient (Wildman–Crippen LogP) is 0.764. The Labute approximate surface area is 131 Å². The van der Waals surface area contributed by atoms with E-state index in [-0.39, 0.29) is 12.1 Å². The maximum absolute atomic E-state index is 12.8. The zero-order valence-corrected chi connectivity index (χ0v) is 13.3. The lowest BCUT2D eigenvalue weighted by molar-refractivity contribution is 0.0194. The molecule has 2 fully saturated rings. The monoisotopic (exact) mass is 341 g/mol. The van der Waals surface area contributed by atoms with Gasteiger partial charge in [0.15, 0.2) is 5.76 Å². The van der Waals surface area contributed by atoms with Gasteiger partial charge in [-0.1, -0.05) is 5.16 Å². The number of rotatable bonds is 3. The summed E-state index contributed by atoms with van der Waals surface area (Å²) in [5, 5.41) is 6.95. The first-order valence-electron chi connectivity index (χ1n) is 7.00. The molecule has 2 aliphatic heterocycles. The highest BCUT2D eigenvalue weighted by atomic mass is 32.2. The summed E-state index contributed by atoms with van der Waals surface area (Å²) in [5.41, 5.74) is 0. The Morgan fingerprint density at radius 2 is 2.23 bits per heavy atom. The Morgan fingerprint density at radius 3 is 3.00 bits per heavy atom. The van der Waals surface area contributed by atoms with Crippen molar-refractivity contribution in [2.45, 2.75) is 16.4 Å². The second-order valence-electron chi connectivity index (χ2n) is 5.29. The Morgan fingerprint density at radius 1 is 1.32 bits per heavy atom. The van der Waals surface area contributed by atoms with Crippen LogP contribution in [0.4, 0.5) is 0 Å². The smallest absolute Gasteiger partial charge is 0.252 e. The van der Waals surface area contributed by atoms with Gasteiger partial charge < -0.3 is 14.6 Å². The summed E-state index contributed by atoms with van der Waals surface area (Å²) in [5.74, 6) is 0.576. The molecule has 0 aromatic carbocycles. The zero-order valence-electron chi connectivity index (χ0n) is 11.6. The quantitative estimate of drug-likeness (QED) is 0.887. The zero-order chi connectivity index (χ0) is 15.2. The molecular formula is C13H15N3O4S2. The van der Waals surface area contributed by atoms with Gasteiger partial charge in [0, 0.05) is 31.7 Å². The molecule has 22 heavy (non-hydrogen) atoms. The van der Waals surface area contributed by atoms with Gasteiger partial charge in [0.1, 0.15) is 4.21 Å². The highest BCUT2D eigenvalue weighted by Gasteiger charge is 2.41. The Bertz CT molecular complexity index is 742. The Balaban J connectivity index is 1.59. The SMILES string of the molecule is O=S(=O)(c1ccc(-c2ccno2)s1)N1C[C@@H]2NCCO[C@H]2C1. The number of morpholine rings is 1. The fourth-order valence-corrected chi connectivity index (χ4v) is 5.71. The standard InChI is InChI=1S/C13H15N3O4S2/c17-22(18,16-7-9-11(8-16)19-6-5-14-9)13-2-1-12(21-13)10-3-4-15-20-10/h1-4,9,11,14H,5-8H2/t9-,11-/m0/s1. The van der Waals surface area contributed by atoms with Gasteiger partial charge in [-0.15, -0.1) is 11.3 Å². The number of hydrogen-bond acceptors (Lipinski definition) is 7. The van der Waals surface area contributed by atoms with Crippen molar-refractivity contribution >= 4 is 21.4 Å². The van der Waals surface area contributed by atoms with Crippen molar-refractivity contribution in [1.29, 1.82) is 0 Å². The molecule has 0 amide bonds. The molecule has 0 bridgehead atoms. The van der Waals surface area contributed by atoms with E-state index in [9.17, 15) is 8.42 Å². The van der Waals surface area contributed by atoms with Crippen LogP contribution < -0.4 is 5.32 Å². The van der Waals surface area contributed by atoms with Crippen LogP contribution in [-0.4, -0.2) is 56.3 Å². The molecule has 0 aliphatic carbocycles. The lowest BCUT2D eigenvalue weighted by atomic mass is 10.2. The fourth-order valence-electron chi connectivity index (χ4n) is 2.82. The minimum absolute atomic E-state index is 0.0581. The van der Waals surface area contributed by atoms with Crippen LogP contribution in [0.15, 0.2) is 33.1 Å². The molecular weight excluding hydrogens is 326 g/mol. The largest absolute Gasteiger partial charge is 0.374 e. The molecule has 2 aliphatic rings. The van der Waals surface area contributed by atoms with Crippen LogP contribution in [0.5, 0.6) is 0 Å². The molecule has 2 atom stereocenters. The maximum atomic E-state index is 12.8. The highest BCUT2D eigenvalue weighted by Crippen LogP contribution is 2.33. The molecule has 4 rings (SSSR count). The van der Waals surface area contributed by atoms with Gasteiger partial charge in [-0.25, -0.2) is 8.42 Å². The second-order valence-corrected chi connectivity index (χ2v) is 8.54. The first kappa shape index (κ1) is 14.3. The van der Waals surface area contributed by atoms with Crippen LogP contribution in [-0.2, 0) is 14.8 Å². The predicted molar refractivity (Wildman–Crippen MR) is 80.1 cm³/mol. The third kappa shape index (κ3) is 2.38. The van der Waals surface area contributed by atoms with E-state index in [1.807, 2.05) is 0 Å². The Kier molecular flexibility index (Phi) is 3.54. The fraction of sp³-hybridized carbons (Fsp3) is 0.462. The number of aromatic nitrogens is 1. The van der Waals surface area contributed by atoms with Crippen LogP contribution >= 0.6 is 11.3 Å². The molecule has 2 aromatic heterocycles. The van der Waals surface area contributed by atoms with Gasteiger partial charge in [-0.05, 0) is 12.1 Å². The van der Waals surface area contributed by atoms with Crippen LogP contribution in [0, 0.1) is 0 Å². The first-order valence-corrected chi connectivity index (χ1v) is 9.26. The maximum Gasteiger partial charge on any atom is 0.252 e. The lowest BCUT2D eigenvalue weighted by Gasteiger charge is -2.25. The van der Waals surface area contributed by atoms with E-state index in [0.29, 0.717) is 29.7 Å². The van der Waals surface area contributed by atoms with Crippen molar-refractivity contribution in [2.24, 2.45) is 0 Å². The van der Waals surface area contributed by atoms with Gasteiger partial charge in [0.25, 0.3) is 10.0 Å². The molecule has 2 saturated heterocycles. The number of hydrogen-bond donors (Lipinski definition) is 1. The number of fused-ring (bicyclic) bond motifs is 1. The van der Waals surface area contributed by atoms with Crippen LogP contribution in [0.25, 0.3) is 10.6 Å². The molecule has 4 heterocycles. The van der Waals surface area contributed by atoms with Gasteiger partial charge >= 0.3 is 0 Å². The summed E-state index contributed by atoms with van der Waals surface area (Å²) in [6, 6.07) is 5.16. The van der Waals surface area contributed by atoms with Crippen molar-refractivity contribution in [3.63, 3.8) is 0 Å².